The van der Waals surface area contributed by atoms with Gasteiger partial charge in [0.2, 0.25) is 11.8 Å². The van der Waals surface area contributed by atoms with Crippen LogP contribution in [0.2, 0.25) is 0 Å². The maximum atomic E-state index is 12.8. The van der Waals surface area contributed by atoms with Gasteiger partial charge in [0.25, 0.3) is 0 Å². The number of morpholine rings is 1. The van der Waals surface area contributed by atoms with E-state index in [1.165, 1.54) is 5.57 Å². The van der Waals surface area contributed by atoms with Gasteiger partial charge in [0.1, 0.15) is 16.9 Å². The molecule has 8 nitrogen and oxygen atoms in total. The van der Waals surface area contributed by atoms with E-state index in [4.69, 9.17) is 4.74 Å². The molecule has 5 heterocycles. The first-order chi connectivity index (χ1) is 16.1. The number of anilines is 1. The van der Waals surface area contributed by atoms with Crippen LogP contribution in [0.15, 0.2) is 36.0 Å². The van der Waals surface area contributed by atoms with Crippen LogP contribution in [0.25, 0.3) is 11.6 Å². The molecule has 4 aliphatic rings. The summed E-state index contributed by atoms with van der Waals surface area (Å²) in [7, 11) is 0. The van der Waals surface area contributed by atoms with Crippen LogP contribution < -0.4 is 5.32 Å². The van der Waals surface area contributed by atoms with E-state index in [9.17, 15) is 9.59 Å². The number of hydrogen-bond donors (Lipinski definition) is 1. The third-order valence-corrected chi connectivity index (χ3v) is 7.82. The summed E-state index contributed by atoms with van der Waals surface area (Å²) in [5.74, 6) is 1.45. The molecule has 0 spiro atoms. The Kier molecular flexibility index (Phi) is 5.32. The van der Waals surface area contributed by atoms with Crippen molar-refractivity contribution in [1.29, 1.82) is 0 Å². The lowest BCUT2D eigenvalue weighted by atomic mass is 10.00. The van der Waals surface area contributed by atoms with Gasteiger partial charge < -0.3 is 15.0 Å². The monoisotopic (exact) mass is 463 g/mol. The van der Waals surface area contributed by atoms with Crippen LogP contribution in [0.1, 0.15) is 22.6 Å². The second-order valence-electron chi connectivity index (χ2n) is 9.06. The molecule has 3 atom stereocenters. The normalized spacial score (nSPS) is 27.0. The third kappa shape index (κ3) is 4.01. The highest BCUT2D eigenvalue weighted by Crippen LogP contribution is 2.41. The van der Waals surface area contributed by atoms with E-state index in [-0.39, 0.29) is 17.9 Å². The molecule has 3 unspecified atom stereocenters. The van der Waals surface area contributed by atoms with Crippen molar-refractivity contribution in [2.24, 2.45) is 11.8 Å². The first kappa shape index (κ1) is 20.7. The Bertz CT molecular complexity index is 1140. The van der Waals surface area contributed by atoms with E-state index in [1.54, 1.807) is 23.6 Å². The molecule has 0 aromatic carbocycles. The van der Waals surface area contributed by atoms with Crippen LogP contribution in [-0.2, 0) is 20.9 Å². The van der Waals surface area contributed by atoms with Gasteiger partial charge in [0.05, 0.1) is 13.2 Å². The van der Waals surface area contributed by atoms with Gasteiger partial charge in [0.15, 0.2) is 0 Å². The number of likely N-dealkylation sites (tertiary alicyclic amines) is 1. The van der Waals surface area contributed by atoms with E-state index >= 15 is 0 Å². The van der Waals surface area contributed by atoms with Crippen LogP contribution in [0, 0.1) is 11.8 Å². The molecule has 2 fully saturated rings. The van der Waals surface area contributed by atoms with Gasteiger partial charge in [-0.3, -0.25) is 14.5 Å². The number of nitrogens with zero attached hydrogens (tertiary/aromatic N) is 4. The van der Waals surface area contributed by atoms with Crippen LogP contribution in [-0.4, -0.2) is 70.5 Å². The molecule has 33 heavy (non-hydrogen) atoms. The molecule has 2 saturated heterocycles. The average molecular weight is 464 g/mol. The molecule has 0 saturated carbocycles. The Labute approximate surface area is 196 Å². The van der Waals surface area contributed by atoms with E-state index in [2.05, 4.69) is 26.3 Å². The Morgan fingerprint density at radius 3 is 3.09 bits per heavy atom. The van der Waals surface area contributed by atoms with E-state index < -0.39 is 0 Å². The smallest absolute Gasteiger partial charge is 0.246 e. The fourth-order valence-corrected chi connectivity index (χ4v) is 5.92. The van der Waals surface area contributed by atoms with Crippen molar-refractivity contribution in [2.75, 3.05) is 38.2 Å². The fourth-order valence-electron chi connectivity index (χ4n) is 5.24. The molecule has 2 aromatic heterocycles. The molecule has 0 radical (unpaired) electrons. The molecule has 2 amide bonds. The van der Waals surface area contributed by atoms with Crippen molar-refractivity contribution >= 4 is 40.6 Å². The number of aromatic nitrogens is 2. The number of hydrogen-bond acceptors (Lipinski definition) is 7. The quantitative estimate of drug-likeness (QED) is 0.703. The predicted octanol–water partition coefficient (Wildman–Crippen LogP) is 2.27. The van der Waals surface area contributed by atoms with E-state index in [0.29, 0.717) is 44.0 Å². The van der Waals surface area contributed by atoms with Crippen molar-refractivity contribution in [3.63, 3.8) is 0 Å². The molecule has 170 valence electrons. The minimum Gasteiger partial charge on any atom is -0.378 e. The zero-order chi connectivity index (χ0) is 22.4. The highest BCUT2D eigenvalue weighted by Gasteiger charge is 2.38. The van der Waals surface area contributed by atoms with E-state index in [0.717, 1.165) is 35.6 Å². The van der Waals surface area contributed by atoms with Gasteiger partial charge in [-0.05, 0) is 41.5 Å². The Balaban J connectivity index is 1.12. The molecule has 3 aliphatic heterocycles. The lowest BCUT2D eigenvalue weighted by Gasteiger charge is -2.32. The highest BCUT2D eigenvalue weighted by molar-refractivity contribution is 7.10. The number of thiazole rings is 1. The standard InChI is InChI=1S/C24H25N5O3S/c30-21(29-11-17-8-16(9-18(17)12-29)24-25-3-6-33-24)2-1-15-7-19-13-28-4-5-32-14-20(28)23(31)27-22(19)26-10-15/h1-3,6-8,10,17-18,20H,4-5,9,11-14H2,(H,26,27,31)/b2-1+. The van der Waals surface area contributed by atoms with Gasteiger partial charge in [-0.15, -0.1) is 11.3 Å². The van der Waals surface area contributed by atoms with Gasteiger partial charge >= 0.3 is 0 Å². The number of amides is 2. The number of allylic oxidation sites excluding steroid dienone is 1. The summed E-state index contributed by atoms with van der Waals surface area (Å²) in [6, 6.07) is 1.72. The van der Waals surface area contributed by atoms with Crippen molar-refractivity contribution in [3.05, 3.63) is 52.1 Å². The Hall–Kier alpha value is -2.88. The summed E-state index contributed by atoms with van der Waals surface area (Å²) >= 11 is 1.68. The summed E-state index contributed by atoms with van der Waals surface area (Å²) in [5, 5.41) is 6.03. The lowest BCUT2D eigenvalue weighted by molar-refractivity contribution is -0.127. The van der Waals surface area contributed by atoms with Crippen LogP contribution >= 0.6 is 11.3 Å². The Morgan fingerprint density at radius 1 is 1.30 bits per heavy atom. The van der Waals surface area contributed by atoms with Gasteiger partial charge in [-0.25, -0.2) is 9.97 Å². The lowest BCUT2D eigenvalue weighted by Crippen LogP contribution is -2.49. The zero-order valence-electron chi connectivity index (χ0n) is 18.1. The molecule has 0 bridgehead atoms. The molecule has 1 aliphatic carbocycles. The van der Waals surface area contributed by atoms with Crippen LogP contribution in [0.5, 0.6) is 0 Å². The minimum absolute atomic E-state index is 0.0325. The summed E-state index contributed by atoms with van der Waals surface area (Å²) in [5.41, 5.74) is 3.14. The first-order valence-corrected chi connectivity index (χ1v) is 12.2. The van der Waals surface area contributed by atoms with E-state index in [1.807, 2.05) is 28.6 Å². The molecule has 9 heteroatoms. The maximum Gasteiger partial charge on any atom is 0.246 e. The number of nitrogens with one attached hydrogen (secondary N) is 1. The minimum atomic E-state index is -0.284. The number of fused-ring (bicyclic) bond motifs is 3. The summed E-state index contributed by atoms with van der Waals surface area (Å²) in [6.45, 7) is 3.92. The second-order valence-corrected chi connectivity index (χ2v) is 9.96. The first-order valence-electron chi connectivity index (χ1n) is 11.3. The molecule has 6 rings (SSSR count). The zero-order valence-corrected chi connectivity index (χ0v) is 19.0. The number of ether oxygens (including phenoxy) is 1. The number of carbonyl (C=O) groups is 2. The van der Waals surface area contributed by atoms with Crippen molar-refractivity contribution in [1.82, 2.24) is 19.8 Å². The second kappa shape index (κ2) is 8.48. The topological polar surface area (TPSA) is 87.7 Å². The van der Waals surface area contributed by atoms with Gasteiger partial charge in [0, 0.05) is 55.6 Å². The van der Waals surface area contributed by atoms with Crippen molar-refractivity contribution in [3.8, 4) is 0 Å². The summed E-state index contributed by atoms with van der Waals surface area (Å²) in [4.78, 5) is 38.3. The molecule has 2 aromatic rings. The summed E-state index contributed by atoms with van der Waals surface area (Å²) in [6.07, 6.45) is 10.3. The third-order valence-electron chi connectivity index (χ3n) is 6.97. The fraction of sp³-hybridized carbons (Fsp3) is 0.417. The molecule has 1 N–H and O–H groups in total. The average Bonchev–Trinajstić information content (AvgIpc) is 3.54. The number of rotatable bonds is 3. The van der Waals surface area contributed by atoms with Gasteiger partial charge in [-0.2, -0.15) is 0 Å². The Morgan fingerprint density at radius 2 is 2.24 bits per heavy atom. The SMILES string of the molecule is O=C1Nc2ncc(/C=C/C(=O)N3CC4C=C(c5nccs5)CC4C3)cc2CN2CCOCC12. The van der Waals surface area contributed by atoms with Crippen molar-refractivity contribution < 1.29 is 14.3 Å². The highest BCUT2D eigenvalue weighted by atomic mass is 32.1. The largest absolute Gasteiger partial charge is 0.378 e. The summed E-state index contributed by atoms with van der Waals surface area (Å²) < 4.78 is 5.47. The number of carbonyl (C=O) groups excluding carboxylic acids is 2. The van der Waals surface area contributed by atoms with Crippen LogP contribution in [0.4, 0.5) is 5.82 Å². The molecular formula is C24H25N5O3S. The predicted molar refractivity (Wildman–Crippen MR) is 125 cm³/mol. The van der Waals surface area contributed by atoms with Crippen LogP contribution in [0.3, 0.4) is 0 Å². The maximum absolute atomic E-state index is 12.8. The van der Waals surface area contributed by atoms with Gasteiger partial charge in [-0.1, -0.05) is 6.08 Å². The molecular weight excluding hydrogens is 438 g/mol. The van der Waals surface area contributed by atoms with Crippen molar-refractivity contribution in [2.45, 2.75) is 19.0 Å². The number of pyridine rings is 1.